The second-order valence-corrected chi connectivity index (χ2v) is 5.43. The lowest BCUT2D eigenvalue weighted by molar-refractivity contribution is -0.384. The number of nitro groups is 1. The van der Waals surface area contributed by atoms with Crippen LogP contribution in [0.4, 0.5) is 5.69 Å². The van der Waals surface area contributed by atoms with E-state index in [1.165, 1.54) is 12.1 Å². The molecule has 0 amide bonds. The fraction of sp³-hybridized carbons (Fsp3) is 0. The number of aromatic amines is 1. The summed E-state index contributed by atoms with van der Waals surface area (Å²) in [4.78, 5) is 18.0. The fourth-order valence-electron chi connectivity index (χ4n) is 2.48. The number of nitrogens with one attached hydrogen (secondary N) is 1. The molecule has 4 aromatic rings. The molecule has 4 rings (SSSR count). The Kier molecular flexibility index (Phi) is 3.28. The van der Waals surface area contributed by atoms with E-state index in [1.54, 1.807) is 12.1 Å². The Labute approximate surface area is 140 Å². The smallest absolute Gasteiger partial charge is 0.269 e. The average molecular weight is 341 g/mol. The van der Waals surface area contributed by atoms with E-state index >= 15 is 0 Å². The van der Waals surface area contributed by atoms with Gasteiger partial charge in [0.15, 0.2) is 0 Å². The van der Waals surface area contributed by atoms with Crippen LogP contribution in [0.1, 0.15) is 0 Å². The van der Waals surface area contributed by atoms with E-state index in [0.29, 0.717) is 22.6 Å². The van der Waals surface area contributed by atoms with Gasteiger partial charge in [0.1, 0.15) is 17.1 Å². The number of H-pyrrole nitrogens is 1. The number of halogens is 1. The molecule has 1 N–H and O–H groups in total. The van der Waals surface area contributed by atoms with Crippen LogP contribution < -0.4 is 0 Å². The number of benzene rings is 2. The Morgan fingerprint density at radius 3 is 2.58 bits per heavy atom. The summed E-state index contributed by atoms with van der Waals surface area (Å²) >= 11 is 6.14. The molecule has 0 atom stereocenters. The largest absolute Gasteiger partial charge is 0.343 e. The van der Waals surface area contributed by atoms with Gasteiger partial charge >= 0.3 is 0 Å². The lowest BCUT2D eigenvalue weighted by atomic mass is 10.1. The maximum absolute atomic E-state index is 10.8. The van der Waals surface area contributed by atoms with E-state index in [2.05, 4.69) is 15.1 Å². The lowest BCUT2D eigenvalue weighted by Gasteiger charge is -1.99. The minimum Gasteiger partial charge on any atom is -0.343 e. The minimum atomic E-state index is -0.459. The van der Waals surface area contributed by atoms with E-state index in [9.17, 15) is 10.1 Å². The van der Waals surface area contributed by atoms with Crippen LogP contribution in [0.3, 0.4) is 0 Å². The fourth-order valence-corrected chi connectivity index (χ4v) is 2.70. The first-order valence-corrected chi connectivity index (χ1v) is 7.36. The average Bonchev–Trinajstić information content (AvgIpc) is 3.17. The number of imidazole rings is 1. The second-order valence-electron chi connectivity index (χ2n) is 5.09. The van der Waals surface area contributed by atoms with Crippen LogP contribution in [0.15, 0.2) is 53.1 Å². The molecule has 0 unspecified atom stereocenters. The molecule has 0 radical (unpaired) electrons. The van der Waals surface area contributed by atoms with Gasteiger partial charge in [0.25, 0.3) is 5.69 Å². The number of nitrogens with zero attached hydrogens (tertiary/aromatic N) is 3. The number of aromatic nitrogens is 3. The van der Waals surface area contributed by atoms with Crippen molar-refractivity contribution >= 4 is 28.3 Å². The van der Waals surface area contributed by atoms with Gasteiger partial charge in [-0.3, -0.25) is 10.1 Å². The monoisotopic (exact) mass is 340 g/mol. The molecule has 0 saturated carbocycles. The van der Waals surface area contributed by atoms with Crippen molar-refractivity contribution in [3.05, 3.63) is 63.9 Å². The van der Waals surface area contributed by atoms with E-state index in [4.69, 9.17) is 16.1 Å². The van der Waals surface area contributed by atoms with Gasteiger partial charge in [0.2, 0.25) is 5.22 Å². The third kappa shape index (κ3) is 2.31. The Morgan fingerprint density at radius 1 is 1.12 bits per heavy atom. The molecule has 24 heavy (non-hydrogen) atoms. The zero-order valence-electron chi connectivity index (χ0n) is 12.1. The van der Waals surface area contributed by atoms with Gasteiger partial charge in [0, 0.05) is 17.7 Å². The van der Waals surface area contributed by atoms with Crippen LogP contribution in [0.2, 0.25) is 5.22 Å². The van der Waals surface area contributed by atoms with Crippen LogP contribution in [-0.4, -0.2) is 20.0 Å². The topological polar surface area (TPSA) is 97.8 Å². The number of fused-ring (bicyclic) bond motifs is 1. The molecule has 118 valence electrons. The number of para-hydroxylation sites is 2. The molecular formula is C16H9ClN4O3. The van der Waals surface area contributed by atoms with Crippen LogP contribution in [0, 0.1) is 10.1 Å². The second kappa shape index (κ2) is 5.47. The zero-order chi connectivity index (χ0) is 16.7. The van der Waals surface area contributed by atoms with Crippen LogP contribution in [-0.2, 0) is 0 Å². The molecule has 7 nitrogen and oxygen atoms in total. The Hall–Kier alpha value is -3.19. The highest BCUT2D eigenvalue weighted by atomic mass is 35.5. The molecule has 2 aromatic carbocycles. The lowest BCUT2D eigenvalue weighted by Crippen LogP contribution is -1.88. The minimum absolute atomic E-state index is 0.00127. The molecule has 0 aliphatic heterocycles. The number of hydrogen-bond acceptors (Lipinski definition) is 5. The molecule has 2 aromatic heterocycles. The van der Waals surface area contributed by atoms with Gasteiger partial charge < -0.3 is 9.51 Å². The van der Waals surface area contributed by atoms with Crippen molar-refractivity contribution in [2.45, 2.75) is 0 Å². The Bertz CT molecular complexity index is 1020. The van der Waals surface area contributed by atoms with Gasteiger partial charge in [-0.15, -0.1) is 0 Å². The summed E-state index contributed by atoms with van der Waals surface area (Å²) in [6.45, 7) is 0. The third-order valence-corrected chi connectivity index (χ3v) is 3.89. The number of hydrogen-bond donors (Lipinski definition) is 1. The quantitative estimate of drug-likeness (QED) is 0.439. The summed E-state index contributed by atoms with van der Waals surface area (Å²) in [5.74, 6) is 0.524. The predicted octanol–water partition coefficient (Wildman–Crippen LogP) is 4.45. The van der Waals surface area contributed by atoms with Crippen molar-refractivity contribution in [3.8, 4) is 22.6 Å². The summed E-state index contributed by atoms with van der Waals surface area (Å²) in [6, 6.07) is 13.6. The summed E-state index contributed by atoms with van der Waals surface area (Å²) < 4.78 is 5.10. The van der Waals surface area contributed by atoms with E-state index in [0.717, 1.165) is 11.0 Å². The maximum Gasteiger partial charge on any atom is 0.269 e. The van der Waals surface area contributed by atoms with Crippen LogP contribution >= 0.6 is 11.6 Å². The van der Waals surface area contributed by atoms with Crippen molar-refractivity contribution in [1.29, 1.82) is 0 Å². The highest BCUT2D eigenvalue weighted by molar-refractivity contribution is 6.32. The molecule has 0 spiro atoms. The molecule has 0 bridgehead atoms. The summed E-state index contributed by atoms with van der Waals surface area (Å²) in [5, 5.41) is 14.8. The van der Waals surface area contributed by atoms with Crippen molar-refractivity contribution in [2.24, 2.45) is 0 Å². The standard InChI is InChI=1S/C16H9ClN4O3/c17-15-13(16-18-11-3-1-2-4-12(11)19-16)14(20-24-15)9-5-7-10(8-6-9)21(22)23/h1-8H,(H,18,19). The van der Waals surface area contributed by atoms with Crippen molar-refractivity contribution < 1.29 is 9.45 Å². The van der Waals surface area contributed by atoms with E-state index in [-0.39, 0.29) is 10.9 Å². The first kappa shape index (κ1) is 14.4. The molecular weight excluding hydrogens is 332 g/mol. The first-order chi connectivity index (χ1) is 11.6. The highest BCUT2D eigenvalue weighted by Gasteiger charge is 2.21. The van der Waals surface area contributed by atoms with Crippen LogP contribution in [0.5, 0.6) is 0 Å². The Morgan fingerprint density at radius 2 is 1.88 bits per heavy atom. The summed E-state index contributed by atoms with van der Waals surface area (Å²) in [5.41, 5.74) is 3.28. The van der Waals surface area contributed by atoms with Gasteiger partial charge in [-0.25, -0.2) is 4.98 Å². The van der Waals surface area contributed by atoms with Gasteiger partial charge in [-0.2, -0.15) is 0 Å². The number of non-ortho nitro benzene ring substituents is 1. The van der Waals surface area contributed by atoms with E-state index in [1.807, 2.05) is 24.3 Å². The number of rotatable bonds is 3. The van der Waals surface area contributed by atoms with Gasteiger partial charge in [-0.1, -0.05) is 17.3 Å². The van der Waals surface area contributed by atoms with Gasteiger partial charge in [0.05, 0.1) is 16.0 Å². The normalized spacial score (nSPS) is 11.0. The number of nitro benzene ring substituents is 1. The van der Waals surface area contributed by atoms with Crippen molar-refractivity contribution in [3.63, 3.8) is 0 Å². The molecule has 0 aliphatic carbocycles. The summed E-state index contributed by atoms with van der Waals surface area (Å²) in [7, 11) is 0. The zero-order valence-corrected chi connectivity index (χ0v) is 12.8. The first-order valence-electron chi connectivity index (χ1n) is 6.98. The SMILES string of the molecule is O=[N+]([O-])c1ccc(-c2noc(Cl)c2-c2nc3ccccc3[nH]2)cc1. The van der Waals surface area contributed by atoms with E-state index < -0.39 is 4.92 Å². The van der Waals surface area contributed by atoms with Crippen molar-refractivity contribution in [2.75, 3.05) is 0 Å². The van der Waals surface area contributed by atoms with Crippen LogP contribution in [0.25, 0.3) is 33.7 Å². The summed E-state index contributed by atoms with van der Waals surface area (Å²) in [6.07, 6.45) is 0. The molecule has 0 aliphatic rings. The highest BCUT2D eigenvalue weighted by Crippen LogP contribution is 2.37. The molecule has 0 fully saturated rings. The predicted molar refractivity (Wildman–Crippen MR) is 88.7 cm³/mol. The third-order valence-electron chi connectivity index (χ3n) is 3.63. The van der Waals surface area contributed by atoms with Crippen molar-refractivity contribution in [1.82, 2.24) is 15.1 Å². The molecule has 0 saturated heterocycles. The van der Waals surface area contributed by atoms with Gasteiger partial charge in [-0.05, 0) is 35.9 Å². The Balaban J connectivity index is 1.85. The maximum atomic E-state index is 10.8. The molecule has 2 heterocycles. The molecule has 8 heteroatoms.